The maximum Gasteiger partial charge on any atom is 0.151 e. The van der Waals surface area contributed by atoms with E-state index in [0.29, 0.717) is 13.2 Å². The summed E-state index contributed by atoms with van der Waals surface area (Å²) in [6.45, 7) is 5.02. The van der Waals surface area contributed by atoms with Crippen molar-refractivity contribution in [1.29, 1.82) is 0 Å². The predicted octanol–water partition coefficient (Wildman–Crippen LogP) is 3.19. The molecule has 1 saturated heterocycles. The van der Waals surface area contributed by atoms with Crippen LogP contribution in [-0.2, 0) is 4.74 Å². The molecule has 0 spiro atoms. The topological polar surface area (TPSA) is 39.7 Å². The van der Waals surface area contributed by atoms with Crippen molar-refractivity contribution in [3.05, 3.63) is 60.2 Å². The molecule has 23 heavy (non-hydrogen) atoms. The fraction of sp³-hybridized carbons (Fsp3) is 0.368. The summed E-state index contributed by atoms with van der Waals surface area (Å²) in [6.07, 6.45) is -0.139. The van der Waals surface area contributed by atoms with Crippen LogP contribution in [0.1, 0.15) is 18.6 Å². The second kappa shape index (κ2) is 7.99. The normalized spacial score (nSPS) is 19.1. The van der Waals surface area contributed by atoms with Gasteiger partial charge in [0.05, 0.1) is 13.2 Å². The third-order valence-corrected chi connectivity index (χ3v) is 3.82. The molecule has 1 N–H and O–H groups in total. The highest BCUT2D eigenvalue weighted by Gasteiger charge is 2.27. The molecule has 2 aromatic rings. The first kappa shape index (κ1) is 15.8. The van der Waals surface area contributed by atoms with Crippen LogP contribution in [0.4, 0.5) is 0 Å². The lowest BCUT2D eigenvalue weighted by molar-refractivity contribution is -0.0432. The molecule has 1 heterocycles. The Kier molecular flexibility index (Phi) is 5.51. The highest BCUT2D eigenvalue weighted by atomic mass is 16.5. The third-order valence-electron chi connectivity index (χ3n) is 3.82. The Morgan fingerprint density at radius 2 is 1.83 bits per heavy atom. The molecule has 0 saturated carbocycles. The molecule has 2 unspecified atom stereocenters. The van der Waals surface area contributed by atoms with Crippen LogP contribution in [0.2, 0.25) is 0 Å². The lowest BCUT2D eigenvalue weighted by Crippen LogP contribution is -2.43. The number of hydrogen-bond acceptors (Lipinski definition) is 4. The van der Waals surface area contributed by atoms with Crippen LogP contribution in [0.15, 0.2) is 54.6 Å². The molecule has 0 aliphatic carbocycles. The Morgan fingerprint density at radius 3 is 2.48 bits per heavy atom. The minimum atomic E-state index is -0.137. The largest absolute Gasteiger partial charge is 0.494 e. The second-order valence-corrected chi connectivity index (χ2v) is 5.47. The van der Waals surface area contributed by atoms with E-state index in [1.807, 2.05) is 49.4 Å². The number of benzene rings is 2. The summed E-state index contributed by atoms with van der Waals surface area (Å²) in [4.78, 5) is 0. The van der Waals surface area contributed by atoms with Gasteiger partial charge < -0.3 is 19.5 Å². The maximum absolute atomic E-state index is 6.25. The van der Waals surface area contributed by atoms with Gasteiger partial charge in [-0.3, -0.25) is 0 Å². The number of ether oxygens (including phenoxy) is 3. The molecule has 0 bridgehead atoms. The Bertz CT molecular complexity index is 579. The van der Waals surface area contributed by atoms with Crippen molar-refractivity contribution in [3.63, 3.8) is 0 Å². The first-order valence-electron chi connectivity index (χ1n) is 8.13. The maximum atomic E-state index is 6.25. The molecule has 4 nitrogen and oxygen atoms in total. The third kappa shape index (κ3) is 4.24. The number of morpholine rings is 1. The molecule has 0 radical (unpaired) electrons. The summed E-state index contributed by atoms with van der Waals surface area (Å²) in [5.74, 6) is 1.67. The quantitative estimate of drug-likeness (QED) is 0.889. The lowest BCUT2D eigenvalue weighted by atomic mass is 10.0. The van der Waals surface area contributed by atoms with Crippen LogP contribution in [0, 0.1) is 0 Å². The molecular formula is C19H23NO3. The van der Waals surface area contributed by atoms with Crippen molar-refractivity contribution in [3.8, 4) is 11.5 Å². The smallest absolute Gasteiger partial charge is 0.151 e. The molecule has 3 rings (SSSR count). The van der Waals surface area contributed by atoms with Gasteiger partial charge in [0.1, 0.15) is 17.6 Å². The van der Waals surface area contributed by atoms with E-state index in [1.54, 1.807) is 0 Å². The minimum absolute atomic E-state index is 0.00211. The summed E-state index contributed by atoms with van der Waals surface area (Å²) in [5, 5.41) is 3.37. The fourth-order valence-corrected chi connectivity index (χ4v) is 2.71. The molecule has 4 heteroatoms. The van der Waals surface area contributed by atoms with Crippen LogP contribution in [0.3, 0.4) is 0 Å². The summed E-state index contributed by atoms with van der Waals surface area (Å²) in [7, 11) is 0. The summed E-state index contributed by atoms with van der Waals surface area (Å²) >= 11 is 0. The van der Waals surface area contributed by atoms with Gasteiger partial charge in [-0.2, -0.15) is 0 Å². The van der Waals surface area contributed by atoms with Crippen molar-refractivity contribution in [2.24, 2.45) is 0 Å². The van der Waals surface area contributed by atoms with E-state index in [-0.39, 0.29) is 12.2 Å². The van der Waals surface area contributed by atoms with E-state index in [1.165, 1.54) is 0 Å². The molecule has 1 fully saturated rings. The number of nitrogens with one attached hydrogen (secondary N) is 1. The van der Waals surface area contributed by atoms with Gasteiger partial charge in [0, 0.05) is 13.1 Å². The van der Waals surface area contributed by atoms with E-state index >= 15 is 0 Å². The molecule has 0 amide bonds. The average Bonchev–Trinajstić information content (AvgIpc) is 2.63. The monoisotopic (exact) mass is 313 g/mol. The summed E-state index contributed by atoms with van der Waals surface area (Å²) in [6, 6.07) is 18.0. The lowest BCUT2D eigenvalue weighted by Gasteiger charge is -2.31. The Morgan fingerprint density at radius 1 is 1.09 bits per heavy atom. The van der Waals surface area contributed by atoms with Gasteiger partial charge in [-0.05, 0) is 36.8 Å². The standard InChI is InChI=1S/C19H23NO3/c1-2-21-16-8-10-17(11-9-16)23-19(15-6-4-3-5-7-15)18-14-20-12-13-22-18/h3-11,18-20H,2,12-14H2,1H3. The van der Waals surface area contributed by atoms with E-state index in [4.69, 9.17) is 14.2 Å². The predicted molar refractivity (Wildman–Crippen MR) is 90.0 cm³/mol. The van der Waals surface area contributed by atoms with Crippen LogP contribution in [0.25, 0.3) is 0 Å². The Hall–Kier alpha value is -2.04. The molecule has 2 aromatic carbocycles. The Labute approximate surface area is 137 Å². The molecule has 1 aliphatic rings. The molecule has 2 atom stereocenters. The van der Waals surface area contributed by atoms with Gasteiger partial charge in [-0.1, -0.05) is 30.3 Å². The van der Waals surface area contributed by atoms with E-state index < -0.39 is 0 Å². The molecule has 0 aromatic heterocycles. The van der Waals surface area contributed by atoms with Gasteiger partial charge in [-0.25, -0.2) is 0 Å². The zero-order chi connectivity index (χ0) is 15.9. The zero-order valence-corrected chi connectivity index (χ0v) is 13.4. The fourth-order valence-electron chi connectivity index (χ4n) is 2.71. The first-order valence-corrected chi connectivity index (χ1v) is 8.13. The van der Waals surface area contributed by atoms with Crippen molar-refractivity contribution in [2.45, 2.75) is 19.1 Å². The summed E-state index contributed by atoms with van der Waals surface area (Å²) < 4.78 is 17.6. The van der Waals surface area contributed by atoms with Crippen molar-refractivity contribution in [1.82, 2.24) is 5.32 Å². The Balaban J connectivity index is 1.77. The number of rotatable bonds is 6. The van der Waals surface area contributed by atoms with Crippen LogP contribution >= 0.6 is 0 Å². The van der Waals surface area contributed by atoms with Crippen molar-refractivity contribution in [2.75, 3.05) is 26.3 Å². The van der Waals surface area contributed by atoms with Gasteiger partial charge in [0.25, 0.3) is 0 Å². The van der Waals surface area contributed by atoms with E-state index in [0.717, 1.165) is 30.2 Å². The molecular weight excluding hydrogens is 290 g/mol. The summed E-state index contributed by atoms with van der Waals surface area (Å²) in [5.41, 5.74) is 1.12. The van der Waals surface area contributed by atoms with Crippen LogP contribution in [-0.4, -0.2) is 32.4 Å². The van der Waals surface area contributed by atoms with Gasteiger partial charge in [0.15, 0.2) is 6.10 Å². The van der Waals surface area contributed by atoms with Gasteiger partial charge in [0.2, 0.25) is 0 Å². The first-order chi connectivity index (χ1) is 11.4. The van der Waals surface area contributed by atoms with Crippen molar-refractivity contribution >= 4 is 0 Å². The van der Waals surface area contributed by atoms with E-state index in [9.17, 15) is 0 Å². The SMILES string of the molecule is CCOc1ccc(OC(c2ccccc2)C2CNCCO2)cc1. The molecule has 122 valence electrons. The van der Waals surface area contributed by atoms with Crippen LogP contribution < -0.4 is 14.8 Å². The van der Waals surface area contributed by atoms with Gasteiger partial charge >= 0.3 is 0 Å². The highest BCUT2D eigenvalue weighted by Crippen LogP contribution is 2.28. The van der Waals surface area contributed by atoms with E-state index in [2.05, 4.69) is 17.4 Å². The van der Waals surface area contributed by atoms with Crippen molar-refractivity contribution < 1.29 is 14.2 Å². The highest BCUT2D eigenvalue weighted by molar-refractivity contribution is 5.32. The minimum Gasteiger partial charge on any atom is -0.494 e. The van der Waals surface area contributed by atoms with Crippen LogP contribution in [0.5, 0.6) is 11.5 Å². The number of hydrogen-bond donors (Lipinski definition) is 1. The molecule has 1 aliphatic heterocycles. The average molecular weight is 313 g/mol. The zero-order valence-electron chi connectivity index (χ0n) is 13.4. The van der Waals surface area contributed by atoms with Gasteiger partial charge in [-0.15, -0.1) is 0 Å². The second-order valence-electron chi connectivity index (χ2n) is 5.47.